The van der Waals surface area contributed by atoms with E-state index < -0.39 is 0 Å². The predicted molar refractivity (Wildman–Crippen MR) is 81.5 cm³/mol. The fourth-order valence-corrected chi connectivity index (χ4v) is 2.92. The van der Waals surface area contributed by atoms with E-state index in [1.807, 2.05) is 23.9 Å². The summed E-state index contributed by atoms with van der Waals surface area (Å²) in [6, 6.07) is 8.05. The molecule has 1 atom stereocenters. The maximum atomic E-state index is 12.2. The molecule has 104 valence electrons. The summed E-state index contributed by atoms with van der Waals surface area (Å²) in [6.07, 6.45) is 5.34. The molecule has 0 spiro atoms. The van der Waals surface area contributed by atoms with Crippen LogP contribution in [0, 0.1) is 0 Å². The summed E-state index contributed by atoms with van der Waals surface area (Å²) in [5, 5.41) is 6.35. The molecule has 0 saturated heterocycles. The molecule has 19 heavy (non-hydrogen) atoms. The Labute approximate surface area is 119 Å². The highest BCUT2D eigenvalue weighted by Gasteiger charge is 2.25. The number of carbonyl (C=O) groups excluding carboxylic acids is 1. The van der Waals surface area contributed by atoms with Crippen LogP contribution in [-0.4, -0.2) is 31.0 Å². The topological polar surface area (TPSA) is 41.1 Å². The number of rotatable bonds is 6. The highest BCUT2D eigenvalue weighted by Crippen LogP contribution is 2.22. The average molecular weight is 278 g/mol. The molecule has 0 aromatic heterocycles. The van der Waals surface area contributed by atoms with E-state index in [-0.39, 0.29) is 11.9 Å². The van der Waals surface area contributed by atoms with Crippen molar-refractivity contribution >= 4 is 17.7 Å². The molecular formula is C15H22N2OS. The van der Waals surface area contributed by atoms with Crippen LogP contribution in [0.4, 0.5) is 0 Å². The van der Waals surface area contributed by atoms with Crippen molar-refractivity contribution in [1.82, 2.24) is 10.6 Å². The molecule has 1 aliphatic rings. The Morgan fingerprint density at radius 2 is 2.26 bits per heavy atom. The third-order valence-electron chi connectivity index (χ3n) is 3.45. The van der Waals surface area contributed by atoms with Crippen LogP contribution < -0.4 is 10.6 Å². The van der Waals surface area contributed by atoms with Crippen molar-refractivity contribution in [2.45, 2.75) is 25.3 Å². The first kappa shape index (κ1) is 14.4. The summed E-state index contributed by atoms with van der Waals surface area (Å²) in [5.41, 5.74) is 2.43. The van der Waals surface area contributed by atoms with Gasteiger partial charge in [-0.2, -0.15) is 11.8 Å². The number of nitrogens with one attached hydrogen (secondary N) is 2. The van der Waals surface area contributed by atoms with Crippen LogP contribution in [-0.2, 0) is 11.2 Å². The van der Waals surface area contributed by atoms with Gasteiger partial charge in [0.1, 0.15) is 6.04 Å². The van der Waals surface area contributed by atoms with Crippen LogP contribution in [0.1, 0.15) is 30.0 Å². The molecule has 4 heteroatoms. The van der Waals surface area contributed by atoms with Crippen LogP contribution in [0.5, 0.6) is 0 Å². The molecule has 1 unspecified atom stereocenters. The third-order valence-corrected chi connectivity index (χ3v) is 4.14. The van der Waals surface area contributed by atoms with E-state index in [0.29, 0.717) is 0 Å². The highest BCUT2D eigenvalue weighted by molar-refractivity contribution is 7.98. The van der Waals surface area contributed by atoms with Crippen molar-refractivity contribution in [1.29, 1.82) is 0 Å². The normalized spacial score (nSPS) is 17.8. The summed E-state index contributed by atoms with van der Waals surface area (Å²) >= 11 is 1.85. The van der Waals surface area contributed by atoms with Gasteiger partial charge in [-0.25, -0.2) is 0 Å². The number of thioether (sulfide) groups is 1. The van der Waals surface area contributed by atoms with E-state index in [0.717, 1.165) is 37.9 Å². The Morgan fingerprint density at radius 1 is 1.42 bits per heavy atom. The molecule has 1 aromatic rings. The van der Waals surface area contributed by atoms with Gasteiger partial charge in [-0.3, -0.25) is 4.79 Å². The summed E-state index contributed by atoms with van der Waals surface area (Å²) in [6.45, 7) is 1.65. The van der Waals surface area contributed by atoms with E-state index in [9.17, 15) is 4.79 Å². The van der Waals surface area contributed by atoms with E-state index in [1.54, 1.807) is 0 Å². The lowest BCUT2D eigenvalue weighted by atomic mass is 9.94. The first-order valence-electron chi connectivity index (χ1n) is 6.91. The summed E-state index contributed by atoms with van der Waals surface area (Å²) < 4.78 is 0. The van der Waals surface area contributed by atoms with Gasteiger partial charge in [-0.05, 0) is 42.4 Å². The zero-order valence-electron chi connectivity index (χ0n) is 11.4. The standard InChI is InChI=1S/C15H22N2OS/c1-19-11-5-4-9-17-15(18)14-13-7-3-2-6-12(13)8-10-16-14/h2-3,6-7,14,16H,4-5,8-11H2,1H3,(H,17,18). The summed E-state index contributed by atoms with van der Waals surface area (Å²) in [7, 11) is 0. The molecule has 1 aliphatic heterocycles. The second-order valence-electron chi connectivity index (χ2n) is 4.83. The summed E-state index contributed by atoms with van der Waals surface area (Å²) in [4.78, 5) is 12.2. The fourth-order valence-electron chi connectivity index (χ4n) is 2.42. The maximum absolute atomic E-state index is 12.2. The van der Waals surface area contributed by atoms with Gasteiger partial charge in [0.25, 0.3) is 0 Å². The van der Waals surface area contributed by atoms with Crippen LogP contribution in [0.15, 0.2) is 24.3 Å². The minimum Gasteiger partial charge on any atom is -0.354 e. The lowest BCUT2D eigenvalue weighted by molar-refractivity contribution is -0.123. The first-order chi connectivity index (χ1) is 9.33. The third kappa shape index (κ3) is 3.98. The minimum absolute atomic E-state index is 0.108. The number of fused-ring (bicyclic) bond motifs is 1. The van der Waals surface area contributed by atoms with Gasteiger partial charge < -0.3 is 10.6 Å². The van der Waals surface area contributed by atoms with Crippen molar-refractivity contribution < 1.29 is 4.79 Å². The van der Waals surface area contributed by atoms with Crippen LogP contribution in [0.25, 0.3) is 0 Å². The van der Waals surface area contributed by atoms with Gasteiger partial charge in [0.15, 0.2) is 0 Å². The molecule has 3 nitrogen and oxygen atoms in total. The van der Waals surface area contributed by atoms with Gasteiger partial charge in [-0.1, -0.05) is 24.3 Å². The van der Waals surface area contributed by atoms with Crippen molar-refractivity contribution in [2.24, 2.45) is 0 Å². The molecule has 2 rings (SSSR count). The maximum Gasteiger partial charge on any atom is 0.241 e. The average Bonchev–Trinajstić information content (AvgIpc) is 2.46. The van der Waals surface area contributed by atoms with E-state index in [2.05, 4.69) is 29.0 Å². The zero-order chi connectivity index (χ0) is 13.5. The summed E-state index contributed by atoms with van der Waals surface area (Å²) in [5.74, 6) is 1.27. The van der Waals surface area contributed by atoms with E-state index in [1.165, 1.54) is 11.3 Å². The van der Waals surface area contributed by atoms with Crippen molar-refractivity contribution in [3.05, 3.63) is 35.4 Å². The van der Waals surface area contributed by atoms with E-state index in [4.69, 9.17) is 0 Å². The first-order valence-corrected chi connectivity index (χ1v) is 8.30. The molecule has 0 radical (unpaired) electrons. The SMILES string of the molecule is CSCCCCNC(=O)C1NCCc2ccccc21. The molecule has 0 saturated carbocycles. The number of carbonyl (C=O) groups is 1. The zero-order valence-corrected chi connectivity index (χ0v) is 12.3. The molecule has 1 aromatic carbocycles. The predicted octanol–water partition coefficient (Wildman–Crippen LogP) is 2.13. The van der Waals surface area contributed by atoms with Crippen molar-refractivity contribution in [2.75, 3.05) is 25.1 Å². The van der Waals surface area contributed by atoms with Crippen LogP contribution >= 0.6 is 11.8 Å². The Bertz CT molecular complexity index is 422. The Kier molecular flexibility index (Phi) is 5.73. The Morgan fingerprint density at radius 3 is 3.11 bits per heavy atom. The number of hydrogen-bond donors (Lipinski definition) is 2. The molecule has 1 heterocycles. The second-order valence-corrected chi connectivity index (χ2v) is 5.81. The molecule has 2 N–H and O–H groups in total. The quantitative estimate of drug-likeness (QED) is 0.783. The van der Waals surface area contributed by atoms with Crippen molar-refractivity contribution in [3.63, 3.8) is 0 Å². The number of unbranched alkanes of at least 4 members (excludes halogenated alkanes) is 1. The number of benzene rings is 1. The Balaban J connectivity index is 1.86. The second kappa shape index (κ2) is 7.56. The number of hydrogen-bond acceptors (Lipinski definition) is 3. The number of amides is 1. The smallest absolute Gasteiger partial charge is 0.241 e. The highest BCUT2D eigenvalue weighted by atomic mass is 32.2. The molecular weight excluding hydrogens is 256 g/mol. The monoisotopic (exact) mass is 278 g/mol. The van der Waals surface area contributed by atoms with Gasteiger partial charge in [-0.15, -0.1) is 0 Å². The van der Waals surface area contributed by atoms with Crippen LogP contribution in [0.2, 0.25) is 0 Å². The van der Waals surface area contributed by atoms with Gasteiger partial charge in [0.2, 0.25) is 5.91 Å². The molecule has 0 fully saturated rings. The lowest BCUT2D eigenvalue weighted by Gasteiger charge is -2.26. The van der Waals surface area contributed by atoms with Gasteiger partial charge in [0, 0.05) is 13.1 Å². The van der Waals surface area contributed by atoms with Crippen molar-refractivity contribution in [3.8, 4) is 0 Å². The molecule has 0 bridgehead atoms. The lowest BCUT2D eigenvalue weighted by Crippen LogP contribution is -2.41. The molecule has 1 amide bonds. The Hall–Kier alpha value is -1.00. The minimum atomic E-state index is -0.175. The fraction of sp³-hybridized carbons (Fsp3) is 0.533. The van der Waals surface area contributed by atoms with Crippen LogP contribution in [0.3, 0.4) is 0 Å². The molecule has 0 aliphatic carbocycles. The largest absolute Gasteiger partial charge is 0.354 e. The van der Waals surface area contributed by atoms with Gasteiger partial charge in [0.05, 0.1) is 0 Å². The van der Waals surface area contributed by atoms with Gasteiger partial charge >= 0.3 is 0 Å². The van der Waals surface area contributed by atoms with E-state index >= 15 is 0 Å².